The van der Waals surface area contributed by atoms with Crippen LogP contribution in [-0.2, 0) is 13.0 Å². The average Bonchev–Trinajstić information content (AvgIpc) is 3.30. The smallest absolute Gasteiger partial charge is 0.273 e. The lowest BCUT2D eigenvalue weighted by atomic mass is 10.1. The fourth-order valence-electron chi connectivity index (χ4n) is 3.52. The lowest BCUT2D eigenvalue weighted by Crippen LogP contribution is -2.36. The van der Waals surface area contributed by atoms with Gasteiger partial charge in [0.05, 0.1) is 5.01 Å². The molecule has 5 nitrogen and oxygen atoms in total. The Hall–Kier alpha value is -1.18. The lowest BCUT2D eigenvalue weighted by molar-refractivity contribution is 0.0733. The maximum absolute atomic E-state index is 12.8. The Bertz CT molecular complexity index is 713. The van der Waals surface area contributed by atoms with Crippen LogP contribution in [0.1, 0.15) is 34.4 Å². The summed E-state index contributed by atoms with van der Waals surface area (Å²) in [7, 11) is 0. The number of benzene rings is 1. The molecule has 0 bridgehead atoms. The molecule has 1 saturated heterocycles. The van der Waals surface area contributed by atoms with Crippen molar-refractivity contribution >= 4 is 42.1 Å². The van der Waals surface area contributed by atoms with Crippen LogP contribution in [0.4, 0.5) is 0 Å². The van der Waals surface area contributed by atoms with Gasteiger partial charge < -0.3 is 10.6 Å². The Labute approximate surface area is 184 Å². The molecule has 1 atom stereocenters. The molecular formula is C20H30Cl2N4OS. The van der Waals surface area contributed by atoms with Crippen LogP contribution in [0.2, 0.25) is 0 Å². The summed E-state index contributed by atoms with van der Waals surface area (Å²) in [5, 5.41) is 2.81. The third-order valence-corrected chi connectivity index (χ3v) is 5.80. The summed E-state index contributed by atoms with van der Waals surface area (Å²) in [6.45, 7) is 7.28. The van der Waals surface area contributed by atoms with E-state index in [1.54, 1.807) is 0 Å². The van der Waals surface area contributed by atoms with Crippen molar-refractivity contribution in [3.05, 3.63) is 52.0 Å². The van der Waals surface area contributed by atoms with E-state index in [4.69, 9.17) is 5.73 Å². The first kappa shape index (κ1) is 24.9. The fraction of sp³-hybridized carbons (Fsp3) is 0.500. The molecule has 2 N–H and O–H groups in total. The zero-order valence-electron chi connectivity index (χ0n) is 16.3. The molecule has 1 unspecified atom stereocenters. The first-order valence-electron chi connectivity index (χ1n) is 9.39. The number of nitrogens with two attached hydrogens (primary N) is 1. The van der Waals surface area contributed by atoms with Gasteiger partial charge in [0, 0.05) is 38.0 Å². The standard InChI is InChI=1S/C20H28N4OS.2ClH/c1-2-24(20(25)18-15-26-19(22-18)8-10-21)14-17-9-11-23(13-17)12-16-6-4-3-5-7-16;;/h3-7,15,17H,2,8-14,21H2,1H3;2*1H. The third-order valence-electron chi connectivity index (χ3n) is 4.90. The second-order valence-corrected chi connectivity index (χ2v) is 7.83. The maximum atomic E-state index is 12.8. The predicted molar refractivity (Wildman–Crippen MR) is 121 cm³/mol. The Kier molecular flexibility index (Phi) is 11.0. The van der Waals surface area contributed by atoms with Crippen molar-refractivity contribution in [2.75, 3.05) is 32.7 Å². The highest BCUT2D eigenvalue weighted by Crippen LogP contribution is 2.21. The van der Waals surface area contributed by atoms with E-state index in [0.29, 0.717) is 18.2 Å². The minimum absolute atomic E-state index is 0. The minimum atomic E-state index is 0. The fourth-order valence-corrected chi connectivity index (χ4v) is 4.31. The van der Waals surface area contributed by atoms with Crippen molar-refractivity contribution < 1.29 is 4.79 Å². The van der Waals surface area contributed by atoms with Crippen molar-refractivity contribution in [2.24, 2.45) is 11.7 Å². The topological polar surface area (TPSA) is 62.5 Å². The van der Waals surface area contributed by atoms with E-state index in [1.807, 2.05) is 17.2 Å². The summed E-state index contributed by atoms with van der Waals surface area (Å²) in [5.74, 6) is 0.582. The van der Waals surface area contributed by atoms with Crippen LogP contribution in [0.15, 0.2) is 35.7 Å². The molecule has 8 heteroatoms. The number of aromatic nitrogens is 1. The van der Waals surface area contributed by atoms with E-state index in [0.717, 1.165) is 50.6 Å². The van der Waals surface area contributed by atoms with Crippen LogP contribution >= 0.6 is 36.2 Å². The number of hydrogen-bond acceptors (Lipinski definition) is 5. The molecule has 0 saturated carbocycles. The van der Waals surface area contributed by atoms with Crippen LogP contribution < -0.4 is 5.73 Å². The summed E-state index contributed by atoms with van der Waals surface area (Å²) >= 11 is 1.53. The van der Waals surface area contributed by atoms with Crippen LogP contribution in [-0.4, -0.2) is 53.4 Å². The SMILES string of the molecule is CCN(CC1CCN(Cc2ccccc2)C1)C(=O)c1csc(CCN)n1.Cl.Cl. The zero-order chi connectivity index (χ0) is 18.4. The number of hydrogen-bond donors (Lipinski definition) is 1. The van der Waals surface area contributed by atoms with Gasteiger partial charge in [0.1, 0.15) is 5.69 Å². The van der Waals surface area contributed by atoms with E-state index in [1.165, 1.54) is 16.9 Å². The minimum Gasteiger partial charge on any atom is -0.337 e. The Morgan fingerprint density at radius 2 is 2.07 bits per heavy atom. The summed E-state index contributed by atoms with van der Waals surface area (Å²) in [5.41, 5.74) is 7.50. The molecule has 0 aliphatic carbocycles. The molecule has 1 aliphatic heterocycles. The second-order valence-electron chi connectivity index (χ2n) is 6.88. The molecule has 2 heterocycles. The van der Waals surface area contributed by atoms with Crippen molar-refractivity contribution in [3.63, 3.8) is 0 Å². The van der Waals surface area contributed by atoms with Gasteiger partial charge in [-0.25, -0.2) is 4.98 Å². The molecule has 1 amide bonds. The van der Waals surface area contributed by atoms with E-state index >= 15 is 0 Å². The van der Waals surface area contributed by atoms with Gasteiger partial charge in [0.2, 0.25) is 0 Å². The summed E-state index contributed by atoms with van der Waals surface area (Å²) in [6.07, 6.45) is 1.88. The highest BCUT2D eigenvalue weighted by atomic mass is 35.5. The van der Waals surface area contributed by atoms with Gasteiger partial charge in [0.25, 0.3) is 5.91 Å². The number of halogens is 2. The molecule has 28 heavy (non-hydrogen) atoms. The molecular weight excluding hydrogens is 415 g/mol. The van der Waals surface area contributed by atoms with E-state index in [9.17, 15) is 4.79 Å². The van der Waals surface area contributed by atoms with Crippen molar-refractivity contribution in [2.45, 2.75) is 26.3 Å². The predicted octanol–water partition coefficient (Wildman–Crippen LogP) is 3.47. The third kappa shape index (κ3) is 6.71. The molecule has 3 rings (SSSR count). The van der Waals surface area contributed by atoms with Crippen LogP contribution in [0.25, 0.3) is 0 Å². The normalized spacial score (nSPS) is 16.3. The van der Waals surface area contributed by atoms with E-state index in [2.05, 4.69) is 40.2 Å². The van der Waals surface area contributed by atoms with Crippen LogP contribution in [0.3, 0.4) is 0 Å². The Morgan fingerprint density at radius 1 is 1.32 bits per heavy atom. The number of nitrogens with zero attached hydrogens (tertiary/aromatic N) is 3. The molecule has 2 aromatic rings. The van der Waals surface area contributed by atoms with Gasteiger partial charge in [-0.05, 0) is 37.9 Å². The molecule has 1 aromatic carbocycles. The maximum Gasteiger partial charge on any atom is 0.273 e. The monoisotopic (exact) mass is 444 g/mol. The molecule has 1 aromatic heterocycles. The quantitative estimate of drug-likeness (QED) is 0.676. The zero-order valence-corrected chi connectivity index (χ0v) is 18.7. The number of likely N-dealkylation sites (tertiary alicyclic amines) is 1. The average molecular weight is 445 g/mol. The summed E-state index contributed by atoms with van der Waals surface area (Å²) in [4.78, 5) is 21.7. The van der Waals surface area contributed by atoms with Crippen LogP contribution in [0, 0.1) is 5.92 Å². The molecule has 156 valence electrons. The number of carbonyl (C=O) groups excluding carboxylic acids is 1. The van der Waals surface area contributed by atoms with Crippen molar-refractivity contribution in [1.82, 2.24) is 14.8 Å². The lowest BCUT2D eigenvalue weighted by Gasteiger charge is -2.24. The Balaban J connectivity index is 0.00000196. The molecule has 0 spiro atoms. The van der Waals surface area contributed by atoms with Gasteiger partial charge in [-0.1, -0.05) is 30.3 Å². The first-order chi connectivity index (χ1) is 12.7. The largest absolute Gasteiger partial charge is 0.337 e. The molecule has 1 fully saturated rings. The number of amides is 1. The highest BCUT2D eigenvalue weighted by Gasteiger charge is 2.27. The molecule has 0 radical (unpaired) electrons. The second kappa shape index (κ2) is 12.4. The van der Waals surface area contributed by atoms with Gasteiger partial charge in [0.15, 0.2) is 0 Å². The first-order valence-corrected chi connectivity index (χ1v) is 10.3. The highest BCUT2D eigenvalue weighted by molar-refractivity contribution is 7.09. The van der Waals surface area contributed by atoms with Gasteiger partial charge in [-0.2, -0.15) is 0 Å². The van der Waals surface area contributed by atoms with Gasteiger partial charge >= 0.3 is 0 Å². The molecule has 1 aliphatic rings. The van der Waals surface area contributed by atoms with Crippen LogP contribution in [0.5, 0.6) is 0 Å². The van der Waals surface area contributed by atoms with Crippen molar-refractivity contribution in [3.8, 4) is 0 Å². The van der Waals surface area contributed by atoms with E-state index in [-0.39, 0.29) is 30.7 Å². The van der Waals surface area contributed by atoms with Gasteiger partial charge in [-0.3, -0.25) is 9.69 Å². The number of thiazole rings is 1. The number of rotatable bonds is 8. The van der Waals surface area contributed by atoms with E-state index < -0.39 is 0 Å². The summed E-state index contributed by atoms with van der Waals surface area (Å²) < 4.78 is 0. The summed E-state index contributed by atoms with van der Waals surface area (Å²) in [6, 6.07) is 10.6. The number of carbonyl (C=O) groups is 1. The van der Waals surface area contributed by atoms with Crippen molar-refractivity contribution in [1.29, 1.82) is 0 Å². The Morgan fingerprint density at radius 3 is 2.75 bits per heavy atom. The van der Waals surface area contributed by atoms with Gasteiger partial charge in [-0.15, -0.1) is 36.2 Å².